The number of rotatable bonds is 3. The van der Waals surface area contributed by atoms with Crippen molar-refractivity contribution < 1.29 is 9.90 Å². The zero-order chi connectivity index (χ0) is 21.5. The van der Waals surface area contributed by atoms with E-state index in [9.17, 15) is 19.5 Å². The highest BCUT2D eigenvalue weighted by Gasteiger charge is 2.36. The van der Waals surface area contributed by atoms with Crippen LogP contribution in [0.1, 0.15) is 66.8 Å². The van der Waals surface area contributed by atoms with Crippen molar-refractivity contribution in [1.82, 2.24) is 19.4 Å². The molecule has 5 rings (SSSR count). The summed E-state index contributed by atoms with van der Waals surface area (Å²) in [5.74, 6) is -0.0712. The SMILES string of the molecule is O=C(c1cc(O)[nH]c(=O)c1)N1CCCC1c1nc2ccccc2c(=O)n1C1CCCC1. The standard InChI is InChI=1S/C23H24N4O4/c28-19-12-14(13-20(29)25-19)22(30)26-11-5-10-18(26)21-24-17-9-4-3-8-16(17)23(31)27(21)15-6-1-2-7-15/h3-4,8-9,12-13,15,18H,1-2,5-7,10-11H2,(H2,25,28,29). The third-order valence-electron chi connectivity index (χ3n) is 6.41. The van der Waals surface area contributed by atoms with Crippen LogP contribution in [0.15, 0.2) is 46.0 Å². The third kappa shape index (κ3) is 3.41. The number of hydrogen-bond acceptors (Lipinski definition) is 5. The minimum Gasteiger partial charge on any atom is -0.494 e. The molecule has 3 aromatic rings. The Morgan fingerprint density at radius 3 is 2.61 bits per heavy atom. The van der Waals surface area contributed by atoms with Crippen LogP contribution in [0, 0.1) is 0 Å². The van der Waals surface area contributed by atoms with Gasteiger partial charge in [-0.2, -0.15) is 0 Å². The molecule has 1 amide bonds. The van der Waals surface area contributed by atoms with Crippen molar-refractivity contribution in [1.29, 1.82) is 0 Å². The molecule has 8 nitrogen and oxygen atoms in total. The first-order valence-corrected chi connectivity index (χ1v) is 10.8. The molecule has 2 fully saturated rings. The van der Waals surface area contributed by atoms with Crippen LogP contribution in [-0.2, 0) is 0 Å². The van der Waals surface area contributed by atoms with Crippen LogP contribution in [0.25, 0.3) is 10.9 Å². The fourth-order valence-electron chi connectivity index (χ4n) is 5.01. The Labute approximate surface area is 178 Å². The molecular formula is C23H24N4O4. The van der Waals surface area contributed by atoms with E-state index in [-0.39, 0.29) is 35.0 Å². The number of benzene rings is 1. The number of carbonyl (C=O) groups excluding carboxylic acids is 1. The Hall–Kier alpha value is -3.42. The fourth-order valence-corrected chi connectivity index (χ4v) is 5.01. The molecule has 1 atom stereocenters. The van der Waals surface area contributed by atoms with Gasteiger partial charge in [0.1, 0.15) is 5.82 Å². The molecule has 8 heteroatoms. The van der Waals surface area contributed by atoms with Crippen LogP contribution in [0.3, 0.4) is 0 Å². The van der Waals surface area contributed by atoms with Gasteiger partial charge in [0.2, 0.25) is 0 Å². The van der Waals surface area contributed by atoms with Gasteiger partial charge >= 0.3 is 0 Å². The predicted octanol–water partition coefficient (Wildman–Crippen LogP) is 2.88. The summed E-state index contributed by atoms with van der Waals surface area (Å²) >= 11 is 0. The van der Waals surface area contributed by atoms with E-state index in [1.54, 1.807) is 11.0 Å². The summed E-state index contributed by atoms with van der Waals surface area (Å²) in [5.41, 5.74) is 0.167. The molecule has 1 saturated heterocycles. The number of aromatic hydroxyl groups is 1. The van der Waals surface area contributed by atoms with Gasteiger partial charge in [-0.05, 0) is 37.8 Å². The number of carbonyl (C=O) groups is 1. The van der Waals surface area contributed by atoms with E-state index in [0.717, 1.165) is 32.1 Å². The molecule has 160 valence electrons. The number of aromatic nitrogens is 3. The van der Waals surface area contributed by atoms with E-state index in [4.69, 9.17) is 4.98 Å². The summed E-state index contributed by atoms with van der Waals surface area (Å²) in [4.78, 5) is 47.3. The van der Waals surface area contributed by atoms with E-state index in [1.807, 2.05) is 22.8 Å². The lowest BCUT2D eigenvalue weighted by Gasteiger charge is -2.28. The maximum Gasteiger partial charge on any atom is 0.261 e. The highest BCUT2D eigenvalue weighted by atomic mass is 16.3. The molecule has 1 aliphatic carbocycles. The second kappa shape index (κ2) is 7.68. The Balaban J connectivity index is 1.63. The molecule has 0 radical (unpaired) electrons. The van der Waals surface area contributed by atoms with Crippen LogP contribution in [0.5, 0.6) is 5.88 Å². The van der Waals surface area contributed by atoms with E-state index in [0.29, 0.717) is 29.7 Å². The largest absolute Gasteiger partial charge is 0.494 e. The predicted molar refractivity (Wildman–Crippen MR) is 115 cm³/mol. The maximum absolute atomic E-state index is 13.5. The zero-order valence-corrected chi connectivity index (χ0v) is 17.1. The molecule has 0 bridgehead atoms. The molecule has 3 heterocycles. The van der Waals surface area contributed by atoms with Crippen LogP contribution in [-0.4, -0.2) is 37.0 Å². The quantitative estimate of drug-likeness (QED) is 0.677. The minimum atomic E-state index is -0.536. The number of hydrogen-bond donors (Lipinski definition) is 2. The molecular weight excluding hydrogens is 396 g/mol. The van der Waals surface area contributed by atoms with Crippen LogP contribution in [0.2, 0.25) is 0 Å². The van der Waals surface area contributed by atoms with Gasteiger partial charge in [0.05, 0.1) is 22.5 Å². The van der Waals surface area contributed by atoms with Gasteiger partial charge in [-0.3, -0.25) is 23.9 Å². The molecule has 1 unspecified atom stereocenters. The highest BCUT2D eigenvalue weighted by Crippen LogP contribution is 2.36. The van der Waals surface area contributed by atoms with Crippen molar-refractivity contribution >= 4 is 16.8 Å². The number of amides is 1. The van der Waals surface area contributed by atoms with Gasteiger partial charge in [-0.15, -0.1) is 0 Å². The van der Waals surface area contributed by atoms with Gasteiger partial charge in [-0.1, -0.05) is 25.0 Å². The van der Waals surface area contributed by atoms with Gasteiger partial charge in [0, 0.05) is 24.7 Å². The third-order valence-corrected chi connectivity index (χ3v) is 6.41. The first-order valence-electron chi connectivity index (χ1n) is 10.8. The van der Waals surface area contributed by atoms with Gasteiger partial charge in [-0.25, -0.2) is 4.98 Å². The van der Waals surface area contributed by atoms with Crippen molar-refractivity contribution in [2.24, 2.45) is 0 Å². The molecule has 1 aromatic carbocycles. The molecule has 1 aliphatic heterocycles. The number of H-pyrrole nitrogens is 1. The number of nitrogens with zero attached hydrogens (tertiary/aromatic N) is 3. The molecule has 0 spiro atoms. The number of nitrogens with one attached hydrogen (secondary N) is 1. The summed E-state index contributed by atoms with van der Waals surface area (Å²) in [6, 6.07) is 9.51. The van der Waals surface area contributed by atoms with Crippen LogP contribution < -0.4 is 11.1 Å². The average molecular weight is 420 g/mol. The van der Waals surface area contributed by atoms with Crippen molar-refractivity contribution in [2.45, 2.75) is 50.6 Å². The number of fused-ring (bicyclic) bond motifs is 1. The minimum absolute atomic E-state index is 0.0550. The Bertz CT molecular complexity index is 1270. The lowest BCUT2D eigenvalue weighted by Crippen LogP contribution is -2.37. The average Bonchev–Trinajstić information content (AvgIpc) is 3.44. The second-order valence-corrected chi connectivity index (χ2v) is 8.38. The van der Waals surface area contributed by atoms with Crippen molar-refractivity contribution in [3.63, 3.8) is 0 Å². The highest BCUT2D eigenvalue weighted by molar-refractivity contribution is 5.94. The first kappa shape index (κ1) is 19.5. The summed E-state index contributed by atoms with van der Waals surface area (Å²) in [7, 11) is 0. The molecule has 31 heavy (non-hydrogen) atoms. The van der Waals surface area contributed by atoms with Crippen molar-refractivity contribution in [3.05, 3.63) is 68.5 Å². The second-order valence-electron chi connectivity index (χ2n) is 8.38. The first-order chi connectivity index (χ1) is 15.0. The number of pyridine rings is 1. The topological polar surface area (TPSA) is 108 Å². The lowest BCUT2D eigenvalue weighted by atomic mass is 10.1. The van der Waals surface area contributed by atoms with E-state index < -0.39 is 5.56 Å². The monoisotopic (exact) mass is 420 g/mol. The number of para-hydroxylation sites is 1. The van der Waals surface area contributed by atoms with E-state index in [1.165, 1.54) is 12.1 Å². The van der Waals surface area contributed by atoms with E-state index >= 15 is 0 Å². The summed E-state index contributed by atoms with van der Waals surface area (Å²) < 4.78 is 1.82. The Morgan fingerprint density at radius 2 is 1.84 bits per heavy atom. The number of likely N-dealkylation sites (tertiary alicyclic amines) is 1. The van der Waals surface area contributed by atoms with Crippen LogP contribution in [0.4, 0.5) is 0 Å². The summed E-state index contributed by atoms with van der Waals surface area (Å²) in [6.45, 7) is 0.504. The summed E-state index contributed by atoms with van der Waals surface area (Å²) in [5, 5.41) is 10.3. The normalized spacial score (nSPS) is 19.4. The molecule has 2 aromatic heterocycles. The smallest absolute Gasteiger partial charge is 0.261 e. The molecule has 2 aliphatic rings. The van der Waals surface area contributed by atoms with Crippen molar-refractivity contribution in [2.75, 3.05) is 6.54 Å². The summed E-state index contributed by atoms with van der Waals surface area (Å²) in [6.07, 6.45) is 5.47. The molecule has 1 saturated carbocycles. The Morgan fingerprint density at radius 1 is 1.06 bits per heavy atom. The van der Waals surface area contributed by atoms with Crippen molar-refractivity contribution in [3.8, 4) is 5.88 Å². The van der Waals surface area contributed by atoms with Gasteiger partial charge in [0.25, 0.3) is 17.0 Å². The fraction of sp³-hybridized carbons (Fsp3) is 0.391. The van der Waals surface area contributed by atoms with Crippen LogP contribution >= 0.6 is 0 Å². The maximum atomic E-state index is 13.5. The Kier molecular flexibility index (Phi) is 4.84. The zero-order valence-electron chi connectivity index (χ0n) is 17.1. The molecule has 2 N–H and O–H groups in total. The lowest BCUT2D eigenvalue weighted by molar-refractivity contribution is 0.0724. The number of aromatic amines is 1. The van der Waals surface area contributed by atoms with E-state index in [2.05, 4.69) is 4.98 Å². The van der Waals surface area contributed by atoms with Gasteiger partial charge in [0.15, 0.2) is 5.88 Å². The van der Waals surface area contributed by atoms with Gasteiger partial charge < -0.3 is 10.0 Å².